The Morgan fingerprint density at radius 1 is 1.15 bits per heavy atom. The van der Waals surface area contributed by atoms with E-state index in [0.717, 1.165) is 18.2 Å². The van der Waals surface area contributed by atoms with E-state index in [-0.39, 0.29) is 29.0 Å². The monoisotopic (exact) mass is 377 g/mol. The summed E-state index contributed by atoms with van der Waals surface area (Å²) in [6.45, 7) is 0. The van der Waals surface area contributed by atoms with Crippen molar-refractivity contribution in [2.24, 2.45) is 22.7 Å². The van der Waals surface area contributed by atoms with E-state index in [1.54, 1.807) is 11.1 Å². The summed E-state index contributed by atoms with van der Waals surface area (Å²) in [5, 5.41) is 0.0333. The third kappa shape index (κ3) is 2.28. The Labute approximate surface area is 153 Å². The van der Waals surface area contributed by atoms with E-state index in [4.69, 9.17) is 16.6 Å². The molecular weight excluding hydrogens is 363 g/mol. The van der Waals surface area contributed by atoms with Gasteiger partial charge in [-0.05, 0) is 36.5 Å². The maximum Gasteiger partial charge on any atom is 0.417 e. The smallest absolute Gasteiger partial charge is 0.327 e. The third-order valence-corrected chi connectivity index (χ3v) is 6.04. The van der Waals surface area contributed by atoms with Crippen molar-refractivity contribution in [3.8, 4) is 0 Å². The Bertz CT molecular complexity index is 872. The van der Waals surface area contributed by atoms with Gasteiger partial charge in [0.2, 0.25) is 0 Å². The van der Waals surface area contributed by atoms with Crippen LogP contribution in [0, 0.1) is 17.8 Å². The largest absolute Gasteiger partial charge is 0.417 e. The van der Waals surface area contributed by atoms with Crippen LogP contribution in [-0.2, 0) is 0 Å². The molecule has 5 atom stereocenters. The Hall–Kier alpha value is -2.08. The highest BCUT2D eigenvalue weighted by Crippen LogP contribution is 2.55. The Kier molecular flexibility index (Phi) is 3.38. The Balaban J connectivity index is 1.65. The maximum atomic E-state index is 13.3. The first-order valence-corrected chi connectivity index (χ1v) is 8.93. The summed E-state index contributed by atoms with van der Waals surface area (Å²) >= 11 is 6.25. The summed E-state index contributed by atoms with van der Waals surface area (Å²) in [6, 6.07) is 5.40. The summed E-state index contributed by atoms with van der Waals surface area (Å²) in [7, 11) is 0. The van der Waals surface area contributed by atoms with E-state index in [1.165, 1.54) is 6.20 Å². The number of pyridine rings is 1. The second-order valence-corrected chi connectivity index (χ2v) is 7.56. The number of aliphatic imine (C=N–C) groups is 1. The molecule has 1 aromatic heterocycles. The van der Waals surface area contributed by atoms with Crippen molar-refractivity contribution in [3.05, 3.63) is 65.1 Å². The standard InChI is InChI=1S/C19H15ClF3N3/c20-13-8-12(19(21,22)23)9-26-17-11-5-4-10(7-11)15(17)16(25-18(13)26)14-3-1-2-6-24-14/h1-6,8-11,15-17H,7H2. The van der Waals surface area contributed by atoms with Gasteiger partial charge in [-0.3, -0.25) is 9.98 Å². The van der Waals surface area contributed by atoms with Gasteiger partial charge in [0.05, 0.1) is 22.3 Å². The molecule has 4 aliphatic rings. The highest BCUT2D eigenvalue weighted by Gasteiger charge is 2.55. The summed E-state index contributed by atoms with van der Waals surface area (Å²) in [6.07, 6.45) is 4.66. The quantitative estimate of drug-likeness (QED) is 0.669. The molecule has 0 radical (unpaired) electrons. The van der Waals surface area contributed by atoms with Gasteiger partial charge >= 0.3 is 6.18 Å². The zero-order valence-corrected chi connectivity index (χ0v) is 14.3. The minimum atomic E-state index is -4.44. The molecule has 7 heteroatoms. The van der Waals surface area contributed by atoms with E-state index in [0.29, 0.717) is 11.8 Å². The lowest BCUT2D eigenvalue weighted by atomic mass is 9.79. The zero-order valence-electron chi connectivity index (χ0n) is 13.6. The predicted molar refractivity (Wildman–Crippen MR) is 92.3 cm³/mol. The first kappa shape index (κ1) is 16.1. The van der Waals surface area contributed by atoms with Gasteiger partial charge in [0.15, 0.2) is 0 Å². The van der Waals surface area contributed by atoms with Gasteiger partial charge in [-0.15, -0.1) is 0 Å². The minimum Gasteiger partial charge on any atom is -0.327 e. The van der Waals surface area contributed by atoms with Crippen LogP contribution in [0.2, 0.25) is 0 Å². The first-order chi connectivity index (χ1) is 12.4. The van der Waals surface area contributed by atoms with Crippen LogP contribution < -0.4 is 0 Å². The lowest BCUT2D eigenvalue weighted by Crippen LogP contribution is -2.50. The van der Waals surface area contributed by atoms with E-state index in [2.05, 4.69) is 17.1 Å². The molecule has 2 aliphatic carbocycles. The summed E-state index contributed by atoms with van der Waals surface area (Å²) in [4.78, 5) is 10.9. The summed E-state index contributed by atoms with van der Waals surface area (Å²) in [5.74, 6) is 1.01. The molecular formula is C19H15ClF3N3. The number of nitrogens with zero attached hydrogens (tertiary/aromatic N) is 3. The van der Waals surface area contributed by atoms with Crippen molar-refractivity contribution in [2.45, 2.75) is 24.7 Å². The molecule has 2 aliphatic heterocycles. The number of fused-ring (bicyclic) bond motifs is 7. The van der Waals surface area contributed by atoms with Gasteiger partial charge in [-0.25, -0.2) is 0 Å². The summed E-state index contributed by atoms with van der Waals surface area (Å²) < 4.78 is 39.9. The maximum absolute atomic E-state index is 13.3. The average molecular weight is 378 g/mol. The average Bonchev–Trinajstić information content (AvgIpc) is 3.23. The molecule has 26 heavy (non-hydrogen) atoms. The predicted octanol–water partition coefficient (Wildman–Crippen LogP) is 4.61. The van der Waals surface area contributed by atoms with Gasteiger partial charge in [-0.1, -0.05) is 29.8 Å². The van der Waals surface area contributed by atoms with Gasteiger partial charge in [0, 0.05) is 24.4 Å². The fourth-order valence-corrected chi connectivity index (χ4v) is 5.03. The van der Waals surface area contributed by atoms with Crippen molar-refractivity contribution in [1.29, 1.82) is 0 Å². The molecule has 1 aromatic rings. The SMILES string of the molecule is FC(F)(F)C1=CN2C(=NC(c3ccccn3)C3C4C=CC(C4)C32)C(Cl)=C1. The molecule has 134 valence electrons. The number of allylic oxidation sites excluding steroid dienone is 3. The molecule has 1 fully saturated rings. The van der Waals surface area contributed by atoms with Crippen LogP contribution in [0.4, 0.5) is 13.2 Å². The molecule has 5 rings (SSSR count). The van der Waals surface area contributed by atoms with Crippen LogP contribution in [0.15, 0.2) is 64.4 Å². The number of halogens is 4. The van der Waals surface area contributed by atoms with Crippen molar-refractivity contribution in [3.63, 3.8) is 0 Å². The Morgan fingerprint density at radius 2 is 1.96 bits per heavy atom. The molecule has 0 saturated heterocycles. The molecule has 0 aromatic carbocycles. The lowest BCUT2D eigenvalue weighted by Gasteiger charge is -2.45. The second-order valence-electron chi connectivity index (χ2n) is 7.15. The summed E-state index contributed by atoms with van der Waals surface area (Å²) in [5.41, 5.74) is 0.105. The van der Waals surface area contributed by atoms with Gasteiger partial charge in [-0.2, -0.15) is 13.2 Å². The van der Waals surface area contributed by atoms with Gasteiger partial charge in [0.25, 0.3) is 0 Å². The number of aromatic nitrogens is 1. The van der Waals surface area contributed by atoms with E-state index < -0.39 is 11.7 Å². The normalized spacial score (nSPS) is 34.8. The number of amidine groups is 1. The molecule has 0 spiro atoms. The van der Waals surface area contributed by atoms with Crippen molar-refractivity contribution in [2.75, 3.05) is 0 Å². The fourth-order valence-electron chi connectivity index (χ4n) is 4.76. The molecule has 0 N–H and O–H groups in total. The molecule has 0 amide bonds. The van der Waals surface area contributed by atoms with Gasteiger partial charge < -0.3 is 4.90 Å². The molecule has 2 bridgehead atoms. The number of hydrogen-bond donors (Lipinski definition) is 0. The van der Waals surface area contributed by atoms with Crippen LogP contribution in [0.5, 0.6) is 0 Å². The van der Waals surface area contributed by atoms with Crippen LogP contribution >= 0.6 is 11.6 Å². The molecule has 5 unspecified atom stereocenters. The number of alkyl halides is 3. The third-order valence-electron chi connectivity index (χ3n) is 5.76. The highest BCUT2D eigenvalue weighted by molar-refractivity contribution is 6.43. The van der Waals surface area contributed by atoms with E-state index in [1.807, 2.05) is 18.2 Å². The Morgan fingerprint density at radius 3 is 2.69 bits per heavy atom. The first-order valence-electron chi connectivity index (χ1n) is 8.55. The minimum absolute atomic E-state index is 0.0333. The van der Waals surface area contributed by atoms with Gasteiger partial charge in [0.1, 0.15) is 5.84 Å². The van der Waals surface area contributed by atoms with E-state index >= 15 is 0 Å². The fraction of sp³-hybridized carbons (Fsp3) is 0.368. The number of hydrogen-bond acceptors (Lipinski definition) is 3. The van der Waals surface area contributed by atoms with Crippen LogP contribution in [0.25, 0.3) is 0 Å². The van der Waals surface area contributed by atoms with Crippen molar-refractivity contribution < 1.29 is 13.2 Å². The van der Waals surface area contributed by atoms with Crippen LogP contribution in [-0.4, -0.2) is 27.9 Å². The molecule has 3 nitrogen and oxygen atoms in total. The number of rotatable bonds is 1. The highest BCUT2D eigenvalue weighted by atomic mass is 35.5. The zero-order chi connectivity index (χ0) is 18.1. The van der Waals surface area contributed by atoms with Crippen LogP contribution in [0.1, 0.15) is 18.2 Å². The van der Waals surface area contributed by atoms with Crippen molar-refractivity contribution >= 4 is 17.4 Å². The topological polar surface area (TPSA) is 28.5 Å². The molecule has 1 saturated carbocycles. The second kappa shape index (κ2) is 5.46. The lowest BCUT2D eigenvalue weighted by molar-refractivity contribution is -0.0894. The van der Waals surface area contributed by atoms with Crippen molar-refractivity contribution in [1.82, 2.24) is 9.88 Å². The van der Waals surface area contributed by atoms with Crippen LogP contribution in [0.3, 0.4) is 0 Å². The van der Waals surface area contributed by atoms with E-state index in [9.17, 15) is 13.2 Å². The molecule has 3 heterocycles.